The van der Waals surface area contributed by atoms with E-state index in [9.17, 15) is 28.8 Å². The zero-order valence-corrected chi connectivity index (χ0v) is 24.0. The zero-order valence-electron chi connectivity index (χ0n) is 24.0. The number of unbranched alkanes of at least 4 members (excludes halogenated alkanes) is 2. The van der Waals surface area contributed by atoms with Crippen LogP contribution in [0.1, 0.15) is 51.0 Å². The fourth-order valence-electron chi connectivity index (χ4n) is 4.40. The van der Waals surface area contributed by atoms with Crippen LogP contribution in [-0.2, 0) is 35.2 Å². The Labute approximate surface area is 245 Å². The van der Waals surface area contributed by atoms with E-state index in [1.807, 2.05) is 36.4 Å². The van der Waals surface area contributed by atoms with Crippen molar-refractivity contribution in [2.45, 2.75) is 57.9 Å². The Morgan fingerprint density at radius 1 is 0.786 bits per heavy atom. The summed E-state index contributed by atoms with van der Waals surface area (Å²) in [5.74, 6) is -2.27. The maximum atomic E-state index is 12.7. The molecule has 1 aromatic rings. The number of likely N-dealkylation sites (N-methyl/N-ethyl adjacent to an activating group) is 1. The minimum Gasteiger partial charge on any atom is -0.355 e. The number of carbonyl (C=O) groups is 6. The molecule has 12 nitrogen and oxygen atoms in total. The predicted molar refractivity (Wildman–Crippen MR) is 155 cm³/mol. The van der Waals surface area contributed by atoms with Crippen LogP contribution in [0.15, 0.2) is 53.8 Å². The molecule has 1 fully saturated rings. The van der Waals surface area contributed by atoms with Crippen molar-refractivity contribution in [1.29, 1.82) is 0 Å². The molecule has 0 spiro atoms. The summed E-state index contributed by atoms with van der Waals surface area (Å²) in [4.78, 5) is 75.0. The first-order valence-electron chi connectivity index (χ1n) is 14.4. The van der Waals surface area contributed by atoms with E-state index in [1.54, 1.807) is 17.9 Å². The van der Waals surface area contributed by atoms with Crippen LogP contribution in [0.25, 0.3) is 0 Å². The molecule has 226 valence electrons. The lowest BCUT2D eigenvalue weighted by Crippen LogP contribution is -2.52. The number of benzene rings is 1. The van der Waals surface area contributed by atoms with Crippen LogP contribution in [-0.4, -0.2) is 79.1 Å². The molecular formula is C30H40N6O6. The topological polar surface area (TPSA) is 166 Å². The first-order valence-corrected chi connectivity index (χ1v) is 14.4. The van der Waals surface area contributed by atoms with Crippen LogP contribution in [0, 0.1) is 0 Å². The van der Waals surface area contributed by atoms with Crippen molar-refractivity contribution in [2.24, 2.45) is 0 Å². The van der Waals surface area contributed by atoms with Gasteiger partial charge in [-0.05, 0) is 49.8 Å². The van der Waals surface area contributed by atoms with Crippen LogP contribution in [0.3, 0.4) is 0 Å². The molecule has 0 bridgehead atoms. The molecule has 3 rings (SSSR count). The Morgan fingerprint density at radius 3 is 2.17 bits per heavy atom. The average molecular weight is 581 g/mol. The number of rotatable bonds is 17. The molecule has 42 heavy (non-hydrogen) atoms. The molecular weight excluding hydrogens is 540 g/mol. The molecule has 0 aromatic heterocycles. The minimum atomic E-state index is -0.956. The van der Waals surface area contributed by atoms with Gasteiger partial charge < -0.3 is 31.5 Å². The summed E-state index contributed by atoms with van der Waals surface area (Å²) in [6.45, 7) is 1.93. The molecule has 1 atom stereocenters. The van der Waals surface area contributed by atoms with Gasteiger partial charge in [0.2, 0.25) is 29.5 Å². The van der Waals surface area contributed by atoms with Gasteiger partial charge in [-0.1, -0.05) is 36.8 Å². The zero-order chi connectivity index (χ0) is 30.3. The third-order valence-electron chi connectivity index (χ3n) is 6.71. The summed E-state index contributed by atoms with van der Waals surface area (Å²) in [5.41, 5.74) is 3.16. The lowest BCUT2D eigenvalue weighted by molar-refractivity contribution is -0.131. The Morgan fingerprint density at radius 2 is 1.45 bits per heavy atom. The van der Waals surface area contributed by atoms with Crippen molar-refractivity contribution in [3.05, 3.63) is 59.3 Å². The smallest absolute Gasteiger partial charge is 0.251 e. The van der Waals surface area contributed by atoms with E-state index in [4.69, 9.17) is 0 Å². The number of nitrogens with zero attached hydrogens (tertiary/aromatic N) is 1. The maximum Gasteiger partial charge on any atom is 0.251 e. The summed E-state index contributed by atoms with van der Waals surface area (Å²) in [6, 6.07) is 8.13. The van der Waals surface area contributed by atoms with Crippen LogP contribution >= 0.6 is 0 Å². The lowest BCUT2D eigenvalue weighted by Gasteiger charge is -2.19. The molecule has 6 amide bonds. The largest absolute Gasteiger partial charge is 0.355 e. The average Bonchev–Trinajstić information content (AvgIpc) is 3.76. The van der Waals surface area contributed by atoms with Gasteiger partial charge in [0.15, 0.2) is 0 Å². The van der Waals surface area contributed by atoms with Gasteiger partial charge in [-0.2, -0.15) is 0 Å². The fraction of sp³-hybridized carbons (Fsp3) is 0.467. The molecule has 1 heterocycles. The number of carbonyl (C=O) groups excluding carboxylic acids is 6. The van der Waals surface area contributed by atoms with E-state index in [1.165, 1.54) is 5.57 Å². The molecule has 0 radical (unpaired) electrons. The third kappa shape index (κ3) is 11.2. The molecule has 12 heteroatoms. The van der Waals surface area contributed by atoms with E-state index >= 15 is 0 Å². The Bertz CT molecular complexity index is 1210. The summed E-state index contributed by atoms with van der Waals surface area (Å²) in [5, 5.41) is 12.7. The first kappa shape index (κ1) is 32.0. The van der Waals surface area contributed by atoms with Gasteiger partial charge in [0.05, 0.1) is 19.6 Å². The summed E-state index contributed by atoms with van der Waals surface area (Å²) in [7, 11) is 0. The highest BCUT2D eigenvalue weighted by atomic mass is 16.2. The first-order chi connectivity index (χ1) is 20.3. The summed E-state index contributed by atoms with van der Waals surface area (Å²) in [6.07, 6.45) is 8.20. The Kier molecular flexibility index (Phi) is 12.7. The minimum absolute atomic E-state index is 0.00765. The Hall–Kier alpha value is -4.48. The molecule has 1 aliphatic carbocycles. The normalized spacial score (nSPS) is 14.3. The number of allylic oxidation sites excluding steroid dienone is 2. The molecule has 5 N–H and O–H groups in total. The quantitative estimate of drug-likeness (QED) is 0.165. The number of amides is 6. The van der Waals surface area contributed by atoms with Gasteiger partial charge in [-0.15, -0.1) is 0 Å². The van der Waals surface area contributed by atoms with Crippen LogP contribution in [0.4, 0.5) is 0 Å². The molecule has 1 saturated carbocycles. The summed E-state index contributed by atoms with van der Waals surface area (Å²) < 4.78 is 0. The molecule has 0 saturated heterocycles. The van der Waals surface area contributed by atoms with E-state index in [0.29, 0.717) is 19.5 Å². The highest BCUT2D eigenvalue weighted by Gasteiger charge is 2.27. The van der Waals surface area contributed by atoms with E-state index in [2.05, 4.69) is 26.6 Å². The molecule has 1 unspecified atom stereocenters. The van der Waals surface area contributed by atoms with Gasteiger partial charge in [0.25, 0.3) is 5.91 Å². The van der Waals surface area contributed by atoms with E-state index in [0.717, 1.165) is 36.9 Å². The second-order valence-corrected chi connectivity index (χ2v) is 10.2. The second kappa shape index (κ2) is 16.7. The maximum absolute atomic E-state index is 12.7. The van der Waals surface area contributed by atoms with Crippen molar-refractivity contribution in [3.63, 3.8) is 0 Å². The molecule has 2 aliphatic rings. The number of nitrogens with one attached hydrogen (secondary N) is 5. The van der Waals surface area contributed by atoms with Crippen molar-refractivity contribution in [2.75, 3.05) is 32.7 Å². The lowest BCUT2D eigenvalue weighted by atomic mass is 10.1. The molecule has 1 aromatic carbocycles. The standard InChI is InChI=1S/C30H40N6O6/c1-2-31-26(38)19-34-30(42)23(17-21-9-5-3-6-10-21)35-28(40)20-33-27(39)18-32-25(37)11-7-4-8-16-36-24(22-12-13-22)14-15-29(36)41/h3,5-6,9-10,14-15,23H,2,4,7-8,11-13,16-20H2,1H3,(H,31,38)(H,32,37)(H,33,39)(H,34,42)(H,35,40). The number of hydrogen-bond donors (Lipinski definition) is 5. The van der Waals surface area contributed by atoms with Crippen molar-refractivity contribution in [1.82, 2.24) is 31.5 Å². The van der Waals surface area contributed by atoms with E-state index in [-0.39, 0.29) is 50.2 Å². The molecule has 1 aliphatic heterocycles. The monoisotopic (exact) mass is 580 g/mol. The number of hydrogen-bond acceptors (Lipinski definition) is 6. The highest BCUT2D eigenvalue weighted by molar-refractivity contribution is 5.94. The van der Waals surface area contributed by atoms with Gasteiger partial charge in [-0.3, -0.25) is 28.8 Å². The van der Waals surface area contributed by atoms with Crippen LogP contribution in [0.5, 0.6) is 0 Å². The summed E-state index contributed by atoms with van der Waals surface area (Å²) >= 11 is 0. The van der Waals surface area contributed by atoms with Crippen LogP contribution < -0.4 is 26.6 Å². The van der Waals surface area contributed by atoms with Crippen molar-refractivity contribution < 1.29 is 28.8 Å². The van der Waals surface area contributed by atoms with Gasteiger partial charge in [0.1, 0.15) is 6.04 Å². The van der Waals surface area contributed by atoms with E-state index < -0.39 is 23.8 Å². The van der Waals surface area contributed by atoms with Gasteiger partial charge >= 0.3 is 0 Å². The fourth-order valence-corrected chi connectivity index (χ4v) is 4.40. The van der Waals surface area contributed by atoms with Crippen LogP contribution in [0.2, 0.25) is 0 Å². The van der Waals surface area contributed by atoms with Gasteiger partial charge in [-0.25, -0.2) is 0 Å². The van der Waals surface area contributed by atoms with Crippen molar-refractivity contribution >= 4 is 35.4 Å². The second-order valence-electron chi connectivity index (χ2n) is 10.2. The SMILES string of the molecule is CCNC(=O)CNC(=O)C(Cc1ccccc1)NC(=O)CNC(=O)CNC(=O)CCCCCN1C(=O)C=CC1=C1CC1. The Balaban J connectivity index is 1.32. The highest BCUT2D eigenvalue weighted by Crippen LogP contribution is 2.35. The predicted octanol–water partition coefficient (Wildman–Crippen LogP) is 0.205. The third-order valence-corrected chi connectivity index (χ3v) is 6.71. The van der Waals surface area contributed by atoms with Crippen molar-refractivity contribution in [3.8, 4) is 0 Å². The van der Waals surface area contributed by atoms with Gasteiger partial charge in [0, 0.05) is 37.7 Å².